The summed E-state index contributed by atoms with van der Waals surface area (Å²) >= 11 is 0. The second kappa shape index (κ2) is 7.20. The predicted molar refractivity (Wildman–Crippen MR) is 141 cm³/mol. The van der Waals surface area contributed by atoms with E-state index in [9.17, 15) is 0 Å². The van der Waals surface area contributed by atoms with Crippen LogP contribution in [0.3, 0.4) is 0 Å². The van der Waals surface area contributed by atoms with Crippen LogP contribution in [0.5, 0.6) is 0 Å². The van der Waals surface area contributed by atoms with E-state index in [4.69, 9.17) is 4.43 Å². The van der Waals surface area contributed by atoms with Crippen LogP contribution in [-0.2, 0) is 4.43 Å². The van der Waals surface area contributed by atoms with E-state index < -0.39 is 16.4 Å². The van der Waals surface area contributed by atoms with E-state index in [2.05, 4.69) is 102 Å². The molecule has 0 saturated heterocycles. The Bertz CT molecular complexity index is 1030. The van der Waals surface area contributed by atoms with Crippen molar-refractivity contribution in [3.05, 3.63) is 41.6 Å². The highest BCUT2D eigenvalue weighted by atomic mass is 28.4. The molecule has 1 aliphatic carbocycles. The third-order valence-corrected chi connectivity index (χ3v) is 14.0. The molecule has 1 saturated carbocycles. The molecule has 1 aromatic heterocycles. The predicted octanol–water partition coefficient (Wildman–Crippen LogP) is 8.50. The van der Waals surface area contributed by atoms with Crippen LogP contribution < -0.4 is 0 Å². The molecule has 2 heterocycles. The normalized spacial score (nSPS) is 23.9. The van der Waals surface area contributed by atoms with Crippen LogP contribution in [0.1, 0.15) is 59.2 Å². The maximum Gasteiger partial charge on any atom is 0.192 e. The molecule has 31 heavy (non-hydrogen) atoms. The minimum absolute atomic E-state index is 0.168. The van der Waals surface area contributed by atoms with Crippen molar-refractivity contribution in [2.45, 2.75) is 103 Å². The summed E-state index contributed by atoms with van der Waals surface area (Å²) in [6, 6.07) is 13.1. The van der Waals surface area contributed by atoms with Crippen molar-refractivity contribution < 1.29 is 4.43 Å². The van der Waals surface area contributed by atoms with E-state index in [1.807, 2.05) is 0 Å². The SMILES string of the molecule is CC1(C)CCC2=C(C[Si](C)(C)C)c3cc4ccccc4n3[C@H]2[C@@H]1O[Si](C)(C)C(C)(C)C. The standard InChI is InChI=1S/C27H43NOSi2/c1-26(2,3)31(9,10)29-25-24-20(15-16-27(25,4)5)21(18-30(6,7)8)23-17-19-13-11-12-14-22(19)28(23)24/h11-14,17,24-25H,15-16,18H2,1-10H3/t24-,25+/m1/s1. The van der Waals surface area contributed by atoms with Gasteiger partial charge in [-0.25, -0.2) is 0 Å². The molecule has 0 unspecified atom stereocenters. The topological polar surface area (TPSA) is 14.2 Å². The minimum atomic E-state index is -1.91. The van der Waals surface area contributed by atoms with Gasteiger partial charge in [0.25, 0.3) is 0 Å². The summed E-state index contributed by atoms with van der Waals surface area (Å²) < 4.78 is 10.0. The first kappa shape index (κ1) is 23.1. The lowest BCUT2D eigenvalue weighted by Crippen LogP contribution is -2.52. The molecule has 2 aromatic rings. The van der Waals surface area contributed by atoms with Crippen LogP contribution in [0, 0.1) is 5.41 Å². The lowest BCUT2D eigenvalue weighted by molar-refractivity contribution is 0.00858. The highest BCUT2D eigenvalue weighted by Gasteiger charge is 2.52. The molecule has 0 N–H and O–H groups in total. The zero-order valence-corrected chi connectivity index (χ0v) is 23.5. The average Bonchev–Trinajstić information content (AvgIpc) is 3.11. The second-order valence-electron chi connectivity index (χ2n) is 13.4. The second-order valence-corrected chi connectivity index (χ2v) is 23.7. The van der Waals surface area contributed by atoms with Gasteiger partial charge in [-0.2, -0.15) is 0 Å². The summed E-state index contributed by atoms with van der Waals surface area (Å²) in [4.78, 5) is 0. The van der Waals surface area contributed by atoms with E-state index in [1.165, 1.54) is 35.5 Å². The monoisotopic (exact) mass is 453 g/mol. The van der Waals surface area contributed by atoms with Gasteiger partial charge in [0.2, 0.25) is 0 Å². The number of benzene rings is 1. The average molecular weight is 454 g/mol. The fourth-order valence-electron chi connectivity index (χ4n) is 5.30. The number of hydrogen-bond donors (Lipinski definition) is 0. The van der Waals surface area contributed by atoms with Crippen molar-refractivity contribution in [1.29, 1.82) is 0 Å². The van der Waals surface area contributed by atoms with Crippen molar-refractivity contribution in [2.24, 2.45) is 5.41 Å². The third kappa shape index (κ3) is 3.93. The molecular weight excluding hydrogens is 410 g/mol. The van der Waals surface area contributed by atoms with Gasteiger partial charge < -0.3 is 8.99 Å². The van der Waals surface area contributed by atoms with Crippen molar-refractivity contribution in [3.8, 4) is 0 Å². The number of aromatic nitrogens is 1. The van der Waals surface area contributed by atoms with E-state index >= 15 is 0 Å². The van der Waals surface area contributed by atoms with Gasteiger partial charge in [0.05, 0.1) is 12.1 Å². The Morgan fingerprint density at radius 3 is 2.32 bits per heavy atom. The number of nitrogens with zero attached hydrogens (tertiary/aromatic N) is 1. The van der Waals surface area contributed by atoms with Crippen LogP contribution in [-0.4, -0.2) is 27.1 Å². The molecule has 1 aromatic carbocycles. The molecule has 1 fully saturated rings. The highest BCUT2D eigenvalue weighted by Crippen LogP contribution is 2.56. The maximum absolute atomic E-state index is 7.32. The lowest BCUT2D eigenvalue weighted by atomic mass is 9.70. The number of rotatable bonds is 4. The molecule has 0 bridgehead atoms. The largest absolute Gasteiger partial charge is 0.411 e. The van der Waals surface area contributed by atoms with Gasteiger partial charge in [0, 0.05) is 24.7 Å². The molecule has 2 atom stereocenters. The number of hydrogen-bond acceptors (Lipinski definition) is 1. The van der Waals surface area contributed by atoms with E-state index in [0.717, 1.165) is 0 Å². The first-order chi connectivity index (χ1) is 14.1. The molecule has 2 nitrogen and oxygen atoms in total. The van der Waals surface area contributed by atoms with Gasteiger partial charge in [0.15, 0.2) is 8.32 Å². The molecule has 0 radical (unpaired) electrons. The molecule has 4 rings (SSSR count). The summed E-state index contributed by atoms with van der Waals surface area (Å²) in [7, 11) is -3.16. The Morgan fingerprint density at radius 1 is 1.06 bits per heavy atom. The number of para-hydroxylation sites is 1. The van der Waals surface area contributed by atoms with Gasteiger partial charge in [-0.15, -0.1) is 0 Å². The summed E-state index contributed by atoms with van der Waals surface area (Å²) in [6.07, 6.45) is 2.66. The third-order valence-electron chi connectivity index (χ3n) is 8.11. The Hall–Kier alpha value is -1.11. The smallest absolute Gasteiger partial charge is 0.192 e. The first-order valence-corrected chi connectivity index (χ1v) is 18.7. The van der Waals surface area contributed by atoms with E-state index in [1.54, 1.807) is 11.1 Å². The zero-order valence-electron chi connectivity index (χ0n) is 21.5. The fourth-order valence-corrected chi connectivity index (χ4v) is 8.21. The Balaban J connectivity index is 1.92. The minimum Gasteiger partial charge on any atom is -0.411 e. The van der Waals surface area contributed by atoms with Gasteiger partial charge in [-0.1, -0.05) is 72.5 Å². The van der Waals surface area contributed by atoms with Crippen molar-refractivity contribution in [3.63, 3.8) is 0 Å². The molecule has 1 aliphatic heterocycles. The van der Waals surface area contributed by atoms with Gasteiger partial charge in [-0.3, -0.25) is 0 Å². The summed E-state index contributed by atoms with van der Waals surface area (Å²) in [5.74, 6) is 0. The van der Waals surface area contributed by atoms with Crippen LogP contribution in [0.25, 0.3) is 16.5 Å². The molecule has 0 spiro atoms. The highest BCUT2D eigenvalue weighted by molar-refractivity contribution is 6.77. The van der Waals surface area contributed by atoms with Gasteiger partial charge in [0.1, 0.15) is 0 Å². The quantitative estimate of drug-likeness (QED) is 0.423. The Labute approximate surface area is 192 Å². The number of allylic oxidation sites excluding steroid dienone is 1. The van der Waals surface area contributed by atoms with Gasteiger partial charge >= 0.3 is 0 Å². The molecule has 2 aliphatic rings. The molecular formula is C27H43NOSi2. The lowest BCUT2D eigenvalue weighted by Gasteiger charge is -2.50. The zero-order chi connectivity index (χ0) is 23.0. The van der Waals surface area contributed by atoms with Crippen molar-refractivity contribution >= 4 is 32.9 Å². The summed E-state index contributed by atoms with van der Waals surface area (Å²) in [5.41, 5.74) is 6.36. The maximum atomic E-state index is 7.32. The Morgan fingerprint density at radius 2 is 1.71 bits per heavy atom. The fraction of sp³-hybridized carbons (Fsp3) is 0.630. The van der Waals surface area contributed by atoms with Crippen LogP contribution in [0.15, 0.2) is 35.9 Å². The van der Waals surface area contributed by atoms with Crippen LogP contribution in [0.2, 0.25) is 43.8 Å². The van der Waals surface area contributed by atoms with E-state index in [0.29, 0.717) is 6.04 Å². The van der Waals surface area contributed by atoms with Crippen molar-refractivity contribution in [1.82, 2.24) is 4.57 Å². The van der Waals surface area contributed by atoms with Crippen LogP contribution in [0.4, 0.5) is 0 Å². The summed E-state index contributed by atoms with van der Waals surface area (Å²) in [5, 5.41) is 1.59. The Kier molecular flexibility index (Phi) is 5.35. The number of fused-ring (bicyclic) bond motifs is 5. The molecule has 170 valence electrons. The van der Waals surface area contributed by atoms with Gasteiger partial charge in [-0.05, 0) is 65.7 Å². The summed E-state index contributed by atoms with van der Waals surface area (Å²) in [6.45, 7) is 24.4. The van der Waals surface area contributed by atoms with E-state index in [-0.39, 0.29) is 16.6 Å². The first-order valence-electron chi connectivity index (χ1n) is 12.1. The molecule has 0 amide bonds. The van der Waals surface area contributed by atoms with Crippen molar-refractivity contribution in [2.75, 3.05) is 0 Å². The van der Waals surface area contributed by atoms with Crippen LogP contribution >= 0.6 is 0 Å². The molecule has 4 heteroatoms.